The first-order valence-electron chi connectivity index (χ1n) is 7.92. The molecule has 0 aliphatic carbocycles. The molecule has 0 saturated carbocycles. The highest BCUT2D eigenvalue weighted by molar-refractivity contribution is 7.78. The molecule has 0 saturated heterocycles. The number of hydrogen-bond donors (Lipinski definition) is 1. The summed E-state index contributed by atoms with van der Waals surface area (Å²) in [6, 6.07) is 0. The molecule has 0 unspecified atom stereocenters. The maximum absolute atomic E-state index is 11.5. The van der Waals surface area contributed by atoms with E-state index in [4.69, 9.17) is 4.74 Å². The van der Waals surface area contributed by atoms with Gasteiger partial charge in [-0.2, -0.15) is 10.2 Å². The summed E-state index contributed by atoms with van der Waals surface area (Å²) in [4.78, 5) is 11.5. The molecule has 138 valence electrons. The van der Waals surface area contributed by atoms with Gasteiger partial charge in [-0.05, 0) is 18.6 Å². The van der Waals surface area contributed by atoms with Gasteiger partial charge < -0.3 is 4.74 Å². The fraction of sp³-hybridized carbons (Fsp3) is 0.278. The minimum Gasteiger partial charge on any atom is -0.501 e. The minimum atomic E-state index is 0.436. The number of hydrazone groups is 1. The fourth-order valence-corrected chi connectivity index (χ4v) is 2.88. The summed E-state index contributed by atoms with van der Waals surface area (Å²) in [5, 5.41) is 10.4. The molecular weight excluding hydrogens is 350 g/mol. The third-order valence-electron chi connectivity index (χ3n) is 3.86. The van der Waals surface area contributed by atoms with Crippen LogP contribution in [0.25, 0.3) is 11.0 Å². The van der Waals surface area contributed by atoms with Crippen LogP contribution in [0.1, 0.15) is 23.0 Å². The number of rotatable bonds is 8. The number of ether oxygens (including phenoxy) is 1. The molecule has 0 aliphatic heterocycles. The van der Waals surface area contributed by atoms with E-state index in [0.717, 1.165) is 28.7 Å². The highest BCUT2D eigenvalue weighted by atomic mass is 32.1. The number of carbonyl (C=O) groups excluding carboxylic acids is 1. The number of aldehydes is 1. The Hall–Kier alpha value is -2.74. The average Bonchev–Trinajstić information content (AvgIpc) is 3.11. The lowest BCUT2D eigenvalue weighted by Gasteiger charge is -2.14. The van der Waals surface area contributed by atoms with Crippen LogP contribution in [0, 0.1) is 0 Å². The second-order valence-electron chi connectivity index (χ2n) is 5.73. The van der Waals surface area contributed by atoms with E-state index in [9.17, 15) is 4.79 Å². The Morgan fingerprint density at radius 3 is 2.88 bits per heavy atom. The van der Waals surface area contributed by atoms with Gasteiger partial charge in [0, 0.05) is 14.1 Å². The van der Waals surface area contributed by atoms with Crippen LogP contribution in [0.15, 0.2) is 47.4 Å². The number of carbonyl (C=O) groups is 1. The van der Waals surface area contributed by atoms with Gasteiger partial charge in [-0.15, -0.1) is 0 Å². The van der Waals surface area contributed by atoms with Crippen molar-refractivity contribution in [3.63, 3.8) is 0 Å². The number of aromatic nitrogens is 3. The lowest BCUT2D eigenvalue weighted by molar-refractivity contribution is 0.111. The summed E-state index contributed by atoms with van der Waals surface area (Å²) in [7, 11) is 5.29. The smallest absolute Gasteiger partial charge is 0.168 e. The molecule has 8 heteroatoms. The lowest BCUT2D eigenvalue weighted by Crippen LogP contribution is -2.15. The second-order valence-corrected chi connectivity index (χ2v) is 6.13. The molecule has 2 rings (SSSR count). The van der Waals surface area contributed by atoms with E-state index in [1.54, 1.807) is 35.3 Å². The van der Waals surface area contributed by atoms with Gasteiger partial charge in [0.1, 0.15) is 5.69 Å². The predicted molar refractivity (Wildman–Crippen MR) is 108 cm³/mol. The number of methoxy groups -OCH3 is 1. The van der Waals surface area contributed by atoms with Crippen molar-refractivity contribution in [3.8, 4) is 0 Å². The Morgan fingerprint density at radius 1 is 1.54 bits per heavy atom. The third kappa shape index (κ3) is 4.08. The van der Waals surface area contributed by atoms with Crippen LogP contribution < -0.4 is 0 Å². The zero-order chi connectivity index (χ0) is 19.3. The summed E-state index contributed by atoms with van der Waals surface area (Å²) in [5.74, 6) is 0.794. The molecule has 0 N–H and O–H groups in total. The third-order valence-corrected chi connectivity index (χ3v) is 4.29. The molecule has 2 aromatic rings. The number of hydrogen-bond acceptors (Lipinski definition) is 6. The van der Waals surface area contributed by atoms with Crippen molar-refractivity contribution in [1.29, 1.82) is 0 Å². The summed E-state index contributed by atoms with van der Waals surface area (Å²) >= 11 is 4.37. The van der Waals surface area contributed by atoms with Crippen molar-refractivity contribution in [2.24, 2.45) is 12.1 Å². The van der Waals surface area contributed by atoms with E-state index < -0.39 is 0 Å². The topological polar surface area (TPSA) is 64.7 Å². The Kier molecular flexibility index (Phi) is 6.46. The number of fused-ring (bicyclic) bond motifs is 1. The zero-order valence-electron chi connectivity index (χ0n) is 15.4. The van der Waals surface area contributed by atoms with Crippen molar-refractivity contribution in [2.45, 2.75) is 6.92 Å². The number of aryl methyl sites for hydroxylation is 1. The quantitative estimate of drug-likeness (QED) is 0.193. The number of likely N-dealkylation sites (N-methyl/N-ethyl adjacent to an activating group) is 1. The SMILES string of the molecule is C=C/C=C(\C=C(/C)OC)CN(C)/N=C\c1c(C=O)n(S)c2cnn(C)c12. The molecular formula is C18H23N5O2S. The largest absolute Gasteiger partial charge is 0.501 e. The Balaban J connectivity index is 2.30. The molecule has 7 nitrogen and oxygen atoms in total. The highest BCUT2D eigenvalue weighted by Crippen LogP contribution is 2.24. The van der Waals surface area contributed by atoms with Crippen LogP contribution in [-0.4, -0.2) is 52.0 Å². The molecule has 0 aromatic carbocycles. The lowest BCUT2D eigenvalue weighted by atomic mass is 10.2. The van der Waals surface area contributed by atoms with Gasteiger partial charge in [0.25, 0.3) is 0 Å². The first-order valence-corrected chi connectivity index (χ1v) is 8.32. The molecule has 2 heterocycles. The standard InChI is InChI=1S/C18H23N5O2S/c1-6-7-14(8-13(2)25-5)11-21(3)19-9-15-17(12-24)23(26)16-10-20-22(4)18(15)16/h6-10,12,26H,1,11H2,2-5H3/b13-8+,14-7+,19-9-. The molecule has 2 aromatic heterocycles. The minimum absolute atomic E-state index is 0.436. The van der Waals surface area contributed by atoms with Crippen LogP contribution in [0.4, 0.5) is 0 Å². The molecule has 26 heavy (non-hydrogen) atoms. The fourth-order valence-electron chi connectivity index (χ4n) is 2.58. The Labute approximate surface area is 158 Å². The summed E-state index contributed by atoms with van der Waals surface area (Å²) in [6.45, 7) is 6.17. The van der Waals surface area contributed by atoms with Crippen molar-refractivity contribution in [2.75, 3.05) is 20.7 Å². The number of nitrogens with zero attached hydrogens (tertiary/aromatic N) is 5. The normalized spacial score (nSPS) is 12.8. The zero-order valence-corrected chi connectivity index (χ0v) is 16.3. The molecule has 0 fully saturated rings. The van der Waals surface area contributed by atoms with Crippen LogP contribution >= 0.6 is 12.8 Å². The maximum atomic E-state index is 11.5. The van der Waals surface area contributed by atoms with Crippen molar-refractivity contribution >= 4 is 36.3 Å². The van der Waals surface area contributed by atoms with Crippen molar-refractivity contribution < 1.29 is 9.53 Å². The van der Waals surface area contributed by atoms with E-state index in [1.165, 1.54) is 3.97 Å². The molecule has 0 aliphatic rings. The van der Waals surface area contributed by atoms with E-state index in [1.807, 2.05) is 33.2 Å². The van der Waals surface area contributed by atoms with Crippen molar-refractivity contribution in [3.05, 3.63) is 53.6 Å². The van der Waals surface area contributed by atoms with Crippen LogP contribution in [0.3, 0.4) is 0 Å². The number of allylic oxidation sites excluding steroid dienone is 3. The summed E-state index contributed by atoms with van der Waals surface area (Å²) in [6.07, 6.45) is 9.63. The van der Waals surface area contributed by atoms with Gasteiger partial charge in [0.05, 0.1) is 48.4 Å². The molecule has 0 spiro atoms. The monoisotopic (exact) mass is 373 g/mol. The predicted octanol–water partition coefficient (Wildman–Crippen LogP) is 2.81. The van der Waals surface area contributed by atoms with Crippen LogP contribution in [-0.2, 0) is 11.8 Å². The van der Waals surface area contributed by atoms with Crippen LogP contribution in [0.5, 0.6) is 0 Å². The van der Waals surface area contributed by atoms with E-state index in [-0.39, 0.29) is 0 Å². The van der Waals surface area contributed by atoms with Crippen LogP contribution in [0.2, 0.25) is 0 Å². The Bertz CT molecular complexity index is 904. The second kappa shape index (κ2) is 8.57. The van der Waals surface area contributed by atoms with Gasteiger partial charge in [-0.3, -0.25) is 18.5 Å². The van der Waals surface area contributed by atoms with Gasteiger partial charge in [0.15, 0.2) is 6.29 Å². The van der Waals surface area contributed by atoms with Gasteiger partial charge in [-0.25, -0.2) is 0 Å². The van der Waals surface area contributed by atoms with Crippen molar-refractivity contribution in [1.82, 2.24) is 18.8 Å². The molecule has 0 amide bonds. The van der Waals surface area contributed by atoms with E-state index in [0.29, 0.717) is 17.8 Å². The average molecular weight is 373 g/mol. The summed E-state index contributed by atoms with van der Waals surface area (Å²) in [5.41, 5.74) is 3.66. The first-order chi connectivity index (χ1) is 12.4. The number of thiol groups is 1. The molecule has 0 bridgehead atoms. The van der Waals surface area contributed by atoms with Gasteiger partial charge >= 0.3 is 0 Å². The Morgan fingerprint density at radius 2 is 2.27 bits per heavy atom. The maximum Gasteiger partial charge on any atom is 0.168 e. The van der Waals surface area contributed by atoms with Gasteiger partial charge in [0.2, 0.25) is 0 Å². The first kappa shape index (κ1) is 19.6. The highest BCUT2D eigenvalue weighted by Gasteiger charge is 2.17. The van der Waals surface area contributed by atoms with E-state index in [2.05, 4.69) is 29.6 Å². The summed E-state index contributed by atoms with van der Waals surface area (Å²) < 4.78 is 8.41. The van der Waals surface area contributed by atoms with Gasteiger partial charge in [-0.1, -0.05) is 31.5 Å². The molecule has 0 radical (unpaired) electrons. The van der Waals surface area contributed by atoms with E-state index >= 15 is 0 Å². The molecule has 0 atom stereocenters.